The van der Waals surface area contributed by atoms with Crippen LogP contribution in [0, 0.1) is 32.1 Å². The van der Waals surface area contributed by atoms with Crippen molar-refractivity contribution in [1.82, 2.24) is 9.97 Å². The zero-order valence-electron chi connectivity index (χ0n) is 28.3. The number of anilines is 1. The van der Waals surface area contributed by atoms with Gasteiger partial charge in [-0.2, -0.15) is 0 Å². The number of benzene rings is 2. The Kier molecular flexibility index (Phi) is 12.5. The Morgan fingerprint density at radius 3 is 1.69 bits per heavy atom. The van der Waals surface area contributed by atoms with Crippen LogP contribution in [0.1, 0.15) is 61.3 Å². The molecule has 1 saturated heterocycles. The number of morpholine rings is 1. The maximum absolute atomic E-state index is 13.2. The standard InChI is InChI=1S/C18H20ClN3O5.C15H15ClN2O5S/c1-10(2)9-13(23)15-17(24)14-12(22(25)26)4-3-11(19)16(14)20-18(15)21-5-7-27-8-6-21;1-7(2)6-10(19)12-14(20)11-9(18(21)22)5-4-8(16)13(11)17-15(12)24(3)23/h3-4,10H,5-9H2,1-2H3,(H,20,24);4-5,7H,6H2,1-3H3,(H,17,20). The quantitative estimate of drug-likeness (QED) is 0.105. The van der Waals surface area contributed by atoms with Crippen LogP contribution < -0.4 is 15.8 Å². The zero-order valence-corrected chi connectivity index (χ0v) is 30.6. The highest BCUT2D eigenvalue weighted by Gasteiger charge is 2.29. The lowest BCUT2D eigenvalue weighted by Crippen LogP contribution is -2.39. The summed E-state index contributed by atoms with van der Waals surface area (Å²) < 4.78 is 17.3. The Labute approximate surface area is 303 Å². The molecule has 0 radical (unpaired) electrons. The highest BCUT2D eigenvalue weighted by molar-refractivity contribution is 7.84. The van der Waals surface area contributed by atoms with Gasteiger partial charge in [0.15, 0.2) is 11.6 Å². The first-order valence-corrected chi connectivity index (χ1v) is 18.1. The van der Waals surface area contributed by atoms with Crippen LogP contribution in [0.15, 0.2) is 38.9 Å². The summed E-state index contributed by atoms with van der Waals surface area (Å²) in [5, 5.41) is 22.4. The van der Waals surface area contributed by atoms with Crippen molar-refractivity contribution in [2.45, 2.75) is 45.6 Å². The van der Waals surface area contributed by atoms with Gasteiger partial charge in [0.05, 0.1) is 60.5 Å². The second-order valence-corrected chi connectivity index (χ2v) is 14.7. The number of halogens is 2. The molecule has 1 aliphatic heterocycles. The average molecular weight is 765 g/mol. The number of ketones is 2. The average Bonchev–Trinajstić information content (AvgIpc) is 3.04. The molecule has 18 heteroatoms. The van der Waals surface area contributed by atoms with E-state index in [-0.39, 0.29) is 84.2 Å². The van der Waals surface area contributed by atoms with Crippen molar-refractivity contribution >= 4 is 84.6 Å². The molecule has 0 saturated carbocycles. The summed E-state index contributed by atoms with van der Waals surface area (Å²) in [7, 11) is -1.67. The van der Waals surface area contributed by atoms with Crippen molar-refractivity contribution in [3.63, 3.8) is 0 Å². The van der Waals surface area contributed by atoms with Crippen molar-refractivity contribution in [3.8, 4) is 0 Å². The molecular weight excluding hydrogens is 729 g/mol. The van der Waals surface area contributed by atoms with Gasteiger partial charge < -0.3 is 19.6 Å². The molecule has 272 valence electrons. The van der Waals surface area contributed by atoms with Gasteiger partial charge in [0, 0.05) is 44.3 Å². The highest BCUT2D eigenvalue weighted by atomic mass is 35.5. The summed E-state index contributed by atoms with van der Waals surface area (Å²) >= 11 is 12.2. The number of nitrogens with one attached hydrogen (secondary N) is 2. The predicted octanol–water partition coefficient (Wildman–Crippen LogP) is 6.21. The number of nitrogens with zero attached hydrogens (tertiary/aromatic N) is 3. The van der Waals surface area contributed by atoms with E-state index in [1.54, 1.807) is 13.8 Å². The van der Waals surface area contributed by atoms with Gasteiger partial charge in [0.2, 0.25) is 10.9 Å². The van der Waals surface area contributed by atoms with E-state index < -0.39 is 43.0 Å². The van der Waals surface area contributed by atoms with E-state index in [1.165, 1.54) is 24.5 Å². The number of non-ortho nitro benzene ring substituents is 2. The molecule has 0 aliphatic carbocycles. The van der Waals surface area contributed by atoms with Crippen LogP contribution in [-0.2, 0) is 15.5 Å². The fourth-order valence-electron chi connectivity index (χ4n) is 5.66. The normalized spacial score (nSPS) is 13.7. The third kappa shape index (κ3) is 8.35. The molecule has 0 amide bonds. The van der Waals surface area contributed by atoms with Crippen molar-refractivity contribution in [3.05, 3.63) is 86.1 Å². The molecule has 51 heavy (non-hydrogen) atoms. The minimum Gasteiger partial charge on any atom is -0.378 e. The molecular formula is C33H35Cl2N5O10S. The van der Waals surface area contributed by atoms with Gasteiger partial charge >= 0.3 is 0 Å². The summed E-state index contributed by atoms with van der Waals surface area (Å²) in [5.74, 6) is -0.486. The Morgan fingerprint density at radius 2 is 1.25 bits per heavy atom. The Hall–Kier alpha value is -4.51. The lowest BCUT2D eigenvalue weighted by Gasteiger charge is -2.30. The van der Waals surface area contributed by atoms with Gasteiger partial charge in [-0.15, -0.1) is 0 Å². The molecule has 2 aromatic carbocycles. The number of nitro groups is 2. The van der Waals surface area contributed by atoms with Crippen LogP contribution in [0.5, 0.6) is 0 Å². The van der Waals surface area contributed by atoms with Crippen LogP contribution >= 0.6 is 23.2 Å². The zero-order chi connectivity index (χ0) is 37.9. The van der Waals surface area contributed by atoms with E-state index in [9.17, 15) is 43.6 Å². The fraction of sp³-hybridized carbons (Fsp3) is 0.394. The van der Waals surface area contributed by atoms with E-state index in [4.69, 9.17) is 27.9 Å². The summed E-state index contributed by atoms with van der Waals surface area (Å²) in [5.41, 5.74) is -2.50. The number of hydrogen-bond donors (Lipinski definition) is 2. The van der Waals surface area contributed by atoms with Crippen LogP contribution in [0.3, 0.4) is 0 Å². The Balaban J connectivity index is 0.000000230. The van der Waals surface area contributed by atoms with Crippen LogP contribution in [0.25, 0.3) is 21.8 Å². The molecule has 0 spiro atoms. The fourth-order valence-corrected chi connectivity index (χ4v) is 6.81. The largest absolute Gasteiger partial charge is 0.378 e. The first-order valence-electron chi connectivity index (χ1n) is 15.7. The van der Waals surface area contributed by atoms with Gasteiger partial charge in [-0.1, -0.05) is 50.9 Å². The Bertz CT molecular complexity index is 2210. The molecule has 1 fully saturated rings. The minimum absolute atomic E-state index is 0.00200. The number of carbonyl (C=O) groups excluding carboxylic acids is 2. The SMILES string of the molecule is CC(C)CC(=O)c1c(N2CCOCC2)[nH]c2c(Cl)ccc([N+](=O)[O-])c2c1=O.CC(C)CC(=O)c1c(S(C)=O)[nH]c2c(Cl)ccc([N+](=O)[O-])c2c1=O. The first kappa shape index (κ1) is 39.3. The Morgan fingerprint density at radius 1 is 0.824 bits per heavy atom. The molecule has 1 atom stereocenters. The van der Waals surface area contributed by atoms with Gasteiger partial charge in [0.1, 0.15) is 27.2 Å². The number of hydrogen-bond acceptors (Lipinski definition) is 11. The number of Topliss-reactive ketones (excluding diaryl/α,β-unsaturated/α-hetero) is 2. The van der Waals surface area contributed by atoms with E-state index >= 15 is 0 Å². The number of aromatic nitrogens is 2. The van der Waals surface area contributed by atoms with Gasteiger partial charge in [-0.05, 0) is 24.0 Å². The van der Waals surface area contributed by atoms with Crippen molar-refractivity contribution < 1.29 is 28.4 Å². The number of ether oxygens (including phenoxy) is 1. The van der Waals surface area contributed by atoms with Gasteiger partial charge in [-0.3, -0.25) is 43.6 Å². The smallest absolute Gasteiger partial charge is 0.282 e. The molecule has 4 aromatic rings. The number of carbonyl (C=O) groups is 2. The van der Waals surface area contributed by atoms with Gasteiger partial charge in [0.25, 0.3) is 11.4 Å². The molecule has 3 heterocycles. The highest BCUT2D eigenvalue weighted by Crippen LogP contribution is 2.32. The summed E-state index contributed by atoms with van der Waals surface area (Å²) in [4.78, 5) is 80.2. The van der Waals surface area contributed by atoms with Crippen LogP contribution in [-0.4, -0.2) is 68.1 Å². The van der Waals surface area contributed by atoms with Crippen molar-refractivity contribution in [2.24, 2.45) is 11.8 Å². The van der Waals surface area contributed by atoms with Crippen molar-refractivity contribution in [2.75, 3.05) is 37.5 Å². The van der Waals surface area contributed by atoms with Crippen LogP contribution in [0.4, 0.5) is 17.2 Å². The maximum atomic E-state index is 13.2. The third-order valence-electron chi connectivity index (χ3n) is 7.87. The summed E-state index contributed by atoms with van der Waals surface area (Å²) in [6.07, 6.45) is 1.54. The molecule has 2 aromatic heterocycles. The first-order chi connectivity index (χ1) is 24.0. The monoisotopic (exact) mass is 763 g/mol. The minimum atomic E-state index is -1.67. The van der Waals surface area contributed by atoms with Crippen molar-refractivity contribution in [1.29, 1.82) is 0 Å². The summed E-state index contributed by atoms with van der Waals surface area (Å²) in [6.45, 7) is 9.26. The molecule has 0 bridgehead atoms. The lowest BCUT2D eigenvalue weighted by atomic mass is 9.98. The third-order valence-corrected chi connectivity index (χ3v) is 9.38. The molecule has 5 rings (SSSR count). The van der Waals surface area contributed by atoms with E-state index in [0.29, 0.717) is 32.1 Å². The summed E-state index contributed by atoms with van der Waals surface area (Å²) in [6, 6.07) is 4.94. The molecule has 1 unspecified atom stereocenters. The maximum Gasteiger partial charge on any atom is 0.282 e. The molecule has 15 nitrogen and oxygen atoms in total. The number of fused-ring (bicyclic) bond motifs is 2. The molecule has 2 N–H and O–H groups in total. The number of rotatable bonds is 10. The van der Waals surface area contributed by atoms with E-state index in [1.807, 2.05) is 18.7 Å². The topological polar surface area (TPSA) is 216 Å². The molecule has 1 aliphatic rings. The van der Waals surface area contributed by atoms with Crippen LogP contribution in [0.2, 0.25) is 10.0 Å². The van der Waals surface area contributed by atoms with Gasteiger partial charge in [-0.25, -0.2) is 0 Å². The number of aromatic amines is 2. The number of pyridine rings is 2. The second-order valence-electron chi connectivity index (χ2n) is 12.6. The van der Waals surface area contributed by atoms with E-state index in [2.05, 4.69) is 9.97 Å². The lowest BCUT2D eigenvalue weighted by molar-refractivity contribution is -0.383. The second kappa shape index (κ2) is 16.2. The predicted molar refractivity (Wildman–Crippen MR) is 195 cm³/mol. The number of H-pyrrole nitrogens is 2. The number of nitro benzene ring substituents is 2. The van der Waals surface area contributed by atoms with E-state index in [0.717, 1.165) is 6.07 Å².